The molecule has 2 heterocycles. The van der Waals surface area contributed by atoms with Crippen molar-refractivity contribution >= 4 is 22.7 Å². The van der Waals surface area contributed by atoms with E-state index in [2.05, 4.69) is 185 Å². The number of nitrogens with zero attached hydrogens (tertiary/aromatic N) is 2. The number of quaternary nitrogens is 1. The Labute approximate surface area is 313 Å². The van der Waals surface area contributed by atoms with Crippen LogP contribution in [0.4, 0.5) is 22.7 Å². The molecule has 3 aliphatic rings. The van der Waals surface area contributed by atoms with E-state index < -0.39 is 0 Å². The Kier molecular flexibility index (Phi) is 10.4. The van der Waals surface area contributed by atoms with E-state index in [1.54, 1.807) is 4.90 Å². The molecule has 3 heteroatoms. The molecule has 52 heavy (non-hydrogen) atoms. The number of hydrogen-bond acceptors (Lipinski definition) is 2. The lowest BCUT2D eigenvalue weighted by Gasteiger charge is -2.30. The van der Waals surface area contributed by atoms with E-state index in [9.17, 15) is 0 Å². The Bertz CT molecular complexity index is 1940. The van der Waals surface area contributed by atoms with E-state index in [4.69, 9.17) is 0 Å². The van der Waals surface area contributed by atoms with E-state index in [0.29, 0.717) is 6.04 Å². The zero-order valence-corrected chi connectivity index (χ0v) is 32.3. The first-order valence-corrected chi connectivity index (χ1v) is 19.8. The van der Waals surface area contributed by atoms with Crippen molar-refractivity contribution in [2.75, 3.05) is 22.9 Å². The predicted octanol–water partition coefficient (Wildman–Crippen LogP) is 11.5. The van der Waals surface area contributed by atoms with Gasteiger partial charge in [0, 0.05) is 40.3 Å². The van der Waals surface area contributed by atoms with Gasteiger partial charge in [-0.2, -0.15) is 0 Å². The Balaban J connectivity index is 1.37. The third kappa shape index (κ3) is 6.61. The molecule has 2 unspecified atom stereocenters. The Hall–Kier alpha value is -4.60. The molecular weight excluding hydrogens is 631 g/mol. The fourth-order valence-corrected chi connectivity index (χ4v) is 9.09. The maximum atomic E-state index is 2.59. The van der Waals surface area contributed by atoms with Crippen molar-refractivity contribution < 1.29 is 4.90 Å². The summed E-state index contributed by atoms with van der Waals surface area (Å²) in [7, 11) is 0. The highest BCUT2D eigenvalue weighted by Crippen LogP contribution is 2.48. The van der Waals surface area contributed by atoms with Gasteiger partial charge in [0.1, 0.15) is 11.7 Å². The zero-order chi connectivity index (χ0) is 36.3. The molecular formula is C49H58N3+. The van der Waals surface area contributed by atoms with Gasteiger partial charge in [0.15, 0.2) is 0 Å². The third-order valence-corrected chi connectivity index (χ3v) is 11.9. The van der Waals surface area contributed by atoms with Crippen molar-refractivity contribution in [1.29, 1.82) is 0 Å². The number of unbranched alkanes of at least 4 members (excludes halogenated alkanes) is 2. The average Bonchev–Trinajstić information content (AvgIpc) is 3.73. The molecule has 1 N–H and O–H groups in total. The van der Waals surface area contributed by atoms with Crippen LogP contribution in [0.3, 0.4) is 0 Å². The van der Waals surface area contributed by atoms with Crippen LogP contribution in [0, 0.1) is 0 Å². The van der Waals surface area contributed by atoms with Crippen molar-refractivity contribution in [3.63, 3.8) is 0 Å². The van der Waals surface area contributed by atoms with Crippen molar-refractivity contribution in [3.05, 3.63) is 167 Å². The summed E-state index contributed by atoms with van der Waals surface area (Å²) in [5, 5.41) is 0. The van der Waals surface area contributed by atoms with Crippen LogP contribution in [0.5, 0.6) is 0 Å². The lowest BCUT2D eigenvalue weighted by molar-refractivity contribution is -0.850. The number of benzene rings is 4. The topological polar surface area (TPSA) is 10.9 Å². The summed E-state index contributed by atoms with van der Waals surface area (Å²) in [5.74, 6) is 0. The second-order valence-electron chi connectivity index (χ2n) is 16.0. The molecule has 0 spiro atoms. The number of rotatable bonds is 12. The van der Waals surface area contributed by atoms with Gasteiger partial charge in [-0.25, -0.2) is 0 Å². The number of anilines is 3. The smallest absolute Gasteiger partial charge is 0.135 e. The van der Waals surface area contributed by atoms with Crippen LogP contribution in [0.1, 0.15) is 91.2 Å². The van der Waals surface area contributed by atoms with Crippen LogP contribution >= 0.6 is 0 Å². The fraction of sp³-hybridized carbons (Fsp3) is 0.347. The molecule has 4 aromatic carbocycles. The third-order valence-electron chi connectivity index (χ3n) is 11.9. The van der Waals surface area contributed by atoms with Crippen LogP contribution in [0.15, 0.2) is 156 Å². The Morgan fingerprint density at radius 1 is 0.712 bits per heavy atom. The summed E-state index contributed by atoms with van der Waals surface area (Å²) in [6, 6.07) is 40.5. The van der Waals surface area contributed by atoms with Crippen molar-refractivity contribution in [3.8, 4) is 0 Å². The molecule has 0 bridgehead atoms. The molecule has 0 saturated carbocycles. The van der Waals surface area contributed by atoms with E-state index in [1.165, 1.54) is 82.1 Å². The number of nitrogens with one attached hydrogen (secondary N) is 1. The minimum absolute atomic E-state index is 0.0438. The van der Waals surface area contributed by atoms with Crippen molar-refractivity contribution in [1.82, 2.24) is 0 Å². The molecule has 268 valence electrons. The van der Waals surface area contributed by atoms with Crippen LogP contribution in [-0.4, -0.2) is 19.1 Å². The monoisotopic (exact) mass is 688 g/mol. The second-order valence-corrected chi connectivity index (χ2v) is 16.0. The highest BCUT2D eigenvalue weighted by molar-refractivity contribution is 5.75. The van der Waals surface area contributed by atoms with Gasteiger partial charge in [0.25, 0.3) is 0 Å². The van der Waals surface area contributed by atoms with Crippen LogP contribution in [0.2, 0.25) is 0 Å². The van der Waals surface area contributed by atoms with E-state index in [-0.39, 0.29) is 10.8 Å². The predicted molar refractivity (Wildman–Crippen MR) is 222 cm³/mol. The molecule has 0 amide bonds. The quantitative estimate of drug-likeness (QED) is 0.159. The number of allylic oxidation sites excluding steroid dienone is 6. The molecule has 0 aromatic heterocycles. The van der Waals surface area contributed by atoms with Crippen molar-refractivity contribution in [2.45, 2.75) is 96.9 Å². The van der Waals surface area contributed by atoms with Gasteiger partial charge in [-0.3, -0.25) is 4.90 Å². The summed E-state index contributed by atoms with van der Waals surface area (Å²) in [5.41, 5.74) is 13.6. The molecule has 4 aromatic rings. The number of fused-ring (bicyclic) bond motifs is 2. The Morgan fingerprint density at radius 3 is 2.00 bits per heavy atom. The lowest BCUT2D eigenvalue weighted by Crippen LogP contribution is -3.10. The minimum atomic E-state index is -0.0705. The molecule has 2 atom stereocenters. The van der Waals surface area contributed by atoms with Crippen LogP contribution < -0.4 is 14.7 Å². The highest BCUT2D eigenvalue weighted by atomic mass is 15.2. The normalized spacial score (nSPS) is 21.8. The first kappa shape index (κ1) is 35.8. The fourth-order valence-electron chi connectivity index (χ4n) is 9.09. The summed E-state index contributed by atoms with van der Waals surface area (Å²) in [4.78, 5) is 6.71. The summed E-state index contributed by atoms with van der Waals surface area (Å²) in [6.07, 6.45) is 16.8. The molecule has 1 aliphatic carbocycles. The SMILES string of the molecule is CCCCN1/C(=C/C=C2\CCC(/C=C/C3[NH+](CCCC)c4ccccc4C3(C)C)=C2N(c2ccccc2)c2ccccc2)C(C)(C)c2ccccc21. The summed E-state index contributed by atoms with van der Waals surface area (Å²) >= 11 is 0. The van der Waals surface area contributed by atoms with Gasteiger partial charge in [-0.15, -0.1) is 0 Å². The molecule has 7 rings (SSSR count). The van der Waals surface area contributed by atoms with Gasteiger partial charge in [0.2, 0.25) is 0 Å². The van der Waals surface area contributed by atoms with Crippen molar-refractivity contribution in [2.24, 2.45) is 0 Å². The zero-order valence-electron chi connectivity index (χ0n) is 32.3. The average molecular weight is 689 g/mol. The second kappa shape index (κ2) is 15.2. The van der Waals surface area contributed by atoms with Gasteiger partial charge >= 0.3 is 0 Å². The summed E-state index contributed by atoms with van der Waals surface area (Å²) < 4.78 is 0. The van der Waals surface area contributed by atoms with Gasteiger partial charge in [0.05, 0.1) is 17.7 Å². The Morgan fingerprint density at radius 2 is 1.33 bits per heavy atom. The molecule has 0 radical (unpaired) electrons. The van der Waals surface area contributed by atoms with E-state index in [0.717, 1.165) is 25.9 Å². The first-order chi connectivity index (χ1) is 25.3. The standard InChI is InChI=1S/C49H57N3/c1-7-9-35-50-43-27-19-17-25-41(43)48(3,4)45(50)33-31-37-29-30-38(47(37)52(39-21-13-11-14-22-39)40-23-15-12-16-24-40)32-34-46-49(5,6)42-26-18-20-28-44(42)51(46)36-10-8-2/h11-28,31-34,45H,7-10,29-30,35-36H2,1-6H3/p+1/b33-31+,38-32+,46-34+. The van der Waals surface area contributed by atoms with Gasteiger partial charge in [-0.05, 0) is 105 Å². The molecule has 3 nitrogen and oxygen atoms in total. The minimum Gasteiger partial charge on any atom is -0.344 e. The summed E-state index contributed by atoms with van der Waals surface area (Å²) in [6.45, 7) is 16.5. The molecule has 2 aliphatic heterocycles. The van der Waals surface area contributed by atoms with Crippen LogP contribution in [0.25, 0.3) is 0 Å². The van der Waals surface area contributed by atoms with E-state index in [1.807, 2.05) is 0 Å². The molecule has 0 saturated heterocycles. The first-order valence-electron chi connectivity index (χ1n) is 19.8. The van der Waals surface area contributed by atoms with Crippen LogP contribution in [-0.2, 0) is 10.8 Å². The molecule has 0 fully saturated rings. The largest absolute Gasteiger partial charge is 0.344 e. The lowest BCUT2D eigenvalue weighted by atomic mass is 9.80. The number of hydrogen-bond donors (Lipinski definition) is 1. The van der Waals surface area contributed by atoms with Gasteiger partial charge in [-0.1, -0.05) is 125 Å². The maximum Gasteiger partial charge on any atom is 0.135 e. The maximum absolute atomic E-state index is 2.59. The number of para-hydroxylation sites is 4. The van der Waals surface area contributed by atoms with E-state index >= 15 is 0 Å². The van der Waals surface area contributed by atoms with Gasteiger partial charge < -0.3 is 9.80 Å². The highest BCUT2D eigenvalue weighted by Gasteiger charge is 2.47.